The van der Waals surface area contributed by atoms with Crippen molar-refractivity contribution in [1.82, 2.24) is 10.6 Å². The van der Waals surface area contributed by atoms with Gasteiger partial charge in [-0.25, -0.2) is 4.79 Å². The molecule has 0 unspecified atom stereocenters. The Morgan fingerprint density at radius 2 is 1.75 bits per heavy atom. The molecule has 0 bridgehead atoms. The van der Waals surface area contributed by atoms with Gasteiger partial charge < -0.3 is 10.1 Å². The maximum absolute atomic E-state index is 11.4. The van der Waals surface area contributed by atoms with Gasteiger partial charge in [-0.05, 0) is 31.2 Å². The number of hydrogen-bond donors (Lipinski definition) is 2. The predicted molar refractivity (Wildman–Crippen MR) is 73.8 cm³/mol. The lowest BCUT2D eigenvalue weighted by atomic mass is 10.1. The molecule has 0 aromatic heterocycles. The summed E-state index contributed by atoms with van der Waals surface area (Å²) in [6.07, 6.45) is 0.440. The smallest absolute Gasteiger partial charge is 0.321 e. The van der Waals surface area contributed by atoms with Crippen LogP contribution < -0.4 is 15.4 Å². The van der Waals surface area contributed by atoms with Crippen LogP contribution in [0.5, 0.6) is 5.75 Å². The Kier molecular flexibility index (Phi) is 6.22. The summed E-state index contributed by atoms with van der Waals surface area (Å²) in [6, 6.07) is 5.96. The zero-order valence-electron chi connectivity index (χ0n) is 11.6. The molecule has 108 valence electrons. The van der Waals surface area contributed by atoms with E-state index in [0.29, 0.717) is 24.3 Å². The highest BCUT2D eigenvalue weighted by Crippen LogP contribution is 2.13. The van der Waals surface area contributed by atoms with Gasteiger partial charge >= 0.3 is 6.03 Å². The van der Waals surface area contributed by atoms with Crippen LogP contribution in [0.4, 0.5) is 4.79 Å². The molecule has 0 saturated carbocycles. The van der Waals surface area contributed by atoms with Crippen LogP contribution in [0.25, 0.3) is 0 Å². The largest absolute Gasteiger partial charge is 0.484 e. The Labute approximate surface area is 117 Å². The third kappa shape index (κ3) is 5.09. The van der Waals surface area contributed by atoms with Gasteiger partial charge in [-0.3, -0.25) is 14.9 Å². The molecule has 0 aliphatic carbocycles. The van der Waals surface area contributed by atoms with E-state index in [0.717, 1.165) is 0 Å². The summed E-state index contributed by atoms with van der Waals surface area (Å²) in [5.74, 6) is -0.0288. The van der Waals surface area contributed by atoms with Crippen LogP contribution in [-0.4, -0.2) is 30.9 Å². The van der Waals surface area contributed by atoms with E-state index in [1.54, 1.807) is 38.1 Å². The van der Waals surface area contributed by atoms with E-state index < -0.39 is 11.9 Å². The van der Waals surface area contributed by atoms with Crippen LogP contribution >= 0.6 is 0 Å². The number of nitrogens with one attached hydrogen (secondary N) is 2. The standard InChI is InChI=1S/C14H18N2O4/c1-3-12(17)10-5-7-11(8-6-10)20-9-13(18)16-14(19)15-4-2/h5-8H,3-4,9H2,1-2H3,(H2,15,16,18,19). The number of ether oxygens (including phenoxy) is 1. The molecule has 0 aliphatic heterocycles. The first-order valence-corrected chi connectivity index (χ1v) is 6.40. The second kappa shape index (κ2) is 7.93. The molecule has 1 aromatic rings. The Morgan fingerprint density at radius 3 is 2.30 bits per heavy atom. The van der Waals surface area contributed by atoms with Gasteiger partial charge in [0.2, 0.25) is 0 Å². The zero-order chi connectivity index (χ0) is 15.0. The van der Waals surface area contributed by atoms with Gasteiger partial charge in [0.05, 0.1) is 0 Å². The van der Waals surface area contributed by atoms with Crippen LogP contribution in [0.2, 0.25) is 0 Å². The van der Waals surface area contributed by atoms with Crippen molar-refractivity contribution in [3.8, 4) is 5.75 Å². The first-order valence-electron chi connectivity index (χ1n) is 6.40. The lowest BCUT2D eigenvalue weighted by molar-refractivity contribution is -0.122. The minimum absolute atomic E-state index is 0.0468. The highest BCUT2D eigenvalue weighted by atomic mass is 16.5. The molecule has 0 heterocycles. The lowest BCUT2D eigenvalue weighted by Gasteiger charge is -2.07. The number of imide groups is 1. The molecule has 0 fully saturated rings. The third-order valence-electron chi connectivity index (χ3n) is 2.46. The molecule has 0 spiro atoms. The summed E-state index contributed by atoms with van der Waals surface area (Å²) in [4.78, 5) is 33.9. The van der Waals surface area contributed by atoms with E-state index in [9.17, 15) is 14.4 Å². The van der Waals surface area contributed by atoms with Crippen molar-refractivity contribution in [2.75, 3.05) is 13.2 Å². The van der Waals surface area contributed by atoms with Crippen molar-refractivity contribution in [3.63, 3.8) is 0 Å². The molecule has 6 nitrogen and oxygen atoms in total. The van der Waals surface area contributed by atoms with Gasteiger partial charge in [0.15, 0.2) is 12.4 Å². The summed E-state index contributed by atoms with van der Waals surface area (Å²) < 4.78 is 5.21. The average molecular weight is 278 g/mol. The second-order valence-electron chi connectivity index (χ2n) is 4.00. The maximum Gasteiger partial charge on any atom is 0.321 e. The fraction of sp³-hybridized carbons (Fsp3) is 0.357. The van der Waals surface area contributed by atoms with Crippen LogP contribution in [0.1, 0.15) is 30.6 Å². The lowest BCUT2D eigenvalue weighted by Crippen LogP contribution is -2.41. The minimum Gasteiger partial charge on any atom is -0.484 e. The molecule has 2 N–H and O–H groups in total. The first kappa shape index (κ1) is 15.7. The summed E-state index contributed by atoms with van der Waals surface area (Å²) in [7, 11) is 0. The SMILES string of the molecule is CCNC(=O)NC(=O)COc1ccc(C(=O)CC)cc1. The van der Waals surface area contributed by atoms with Crippen LogP contribution in [0.15, 0.2) is 24.3 Å². The molecule has 1 rings (SSSR count). The second-order valence-corrected chi connectivity index (χ2v) is 4.00. The molecule has 0 saturated heterocycles. The Balaban J connectivity index is 2.44. The van der Waals surface area contributed by atoms with Crippen LogP contribution in [-0.2, 0) is 4.79 Å². The molecule has 0 radical (unpaired) electrons. The minimum atomic E-state index is -0.551. The Bertz CT molecular complexity index is 482. The van der Waals surface area contributed by atoms with Crippen molar-refractivity contribution in [3.05, 3.63) is 29.8 Å². The van der Waals surface area contributed by atoms with Crippen molar-refractivity contribution in [2.24, 2.45) is 0 Å². The Hall–Kier alpha value is -2.37. The van der Waals surface area contributed by atoms with Gasteiger partial charge in [-0.1, -0.05) is 6.92 Å². The quantitative estimate of drug-likeness (QED) is 0.772. The van der Waals surface area contributed by atoms with Crippen molar-refractivity contribution < 1.29 is 19.1 Å². The van der Waals surface area contributed by atoms with Crippen LogP contribution in [0.3, 0.4) is 0 Å². The monoisotopic (exact) mass is 278 g/mol. The topological polar surface area (TPSA) is 84.5 Å². The summed E-state index contributed by atoms with van der Waals surface area (Å²) in [6.45, 7) is 3.71. The van der Waals surface area contributed by atoms with E-state index in [1.807, 2.05) is 0 Å². The summed E-state index contributed by atoms with van der Waals surface area (Å²) in [5.41, 5.74) is 0.603. The number of Topliss-reactive ketones (excluding diaryl/α,β-unsaturated/α-hetero) is 1. The number of carbonyl (C=O) groups excluding carboxylic acids is 3. The average Bonchev–Trinajstić information content (AvgIpc) is 2.45. The molecular weight excluding hydrogens is 260 g/mol. The number of amides is 3. The molecule has 0 atom stereocenters. The number of ketones is 1. The third-order valence-corrected chi connectivity index (χ3v) is 2.46. The van der Waals surface area contributed by atoms with Gasteiger partial charge in [-0.2, -0.15) is 0 Å². The zero-order valence-corrected chi connectivity index (χ0v) is 11.6. The van der Waals surface area contributed by atoms with E-state index in [4.69, 9.17) is 4.74 Å². The van der Waals surface area contributed by atoms with Crippen molar-refractivity contribution >= 4 is 17.7 Å². The molecule has 1 aromatic carbocycles. The van der Waals surface area contributed by atoms with E-state index in [1.165, 1.54) is 0 Å². The predicted octanol–water partition coefficient (Wildman–Crippen LogP) is 1.50. The molecule has 20 heavy (non-hydrogen) atoms. The Morgan fingerprint density at radius 1 is 1.10 bits per heavy atom. The van der Waals surface area contributed by atoms with Gasteiger partial charge in [0.25, 0.3) is 5.91 Å². The van der Waals surface area contributed by atoms with Gasteiger partial charge in [0, 0.05) is 18.5 Å². The van der Waals surface area contributed by atoms with Crippen molar-refractivity contribution in [1.29, 1.82) is 0 Å². The first-order chi connectivity index (χ1) is 9.56. The van der Waals surface area contributed by atoms with E-state index in [2.05, 4.69) is 10.6 Å². The number of urea groups is 1. The molecular formula is C14H18N2O4. The molecule has 3 amide bonds. The highest BCUT2D eigenvalue weighted by molar-refractivity contribution is 5.96. The van der Waals surface area contributed by atoms with Crippen molar-refractivity contribution in [2.45, 2.75) is 20.3 Å². The van der Waals surface area contributed by atoms with E-state index >= 15 is 0 Å². The number of carbonyl (C=O) groups is 3. The molecule has 0 aliphatic rings. The van der Waals surface area contributed by atoms with Gasteiger partial charge in [0.1, 0.15) is 5.75 Å². The number of rotatable bonds is 6. The van der Waals surface area contributed by atoms with E-state index in [-0.39, 0.29) is 12.4 Å². The maximum atomic E-state index is 11.4. The number of benzene rings is 1. The fourth-order valence-electron chi connectivity index (χ4n) is 1.46. The summed E-state index contributed by atoms with van der Waals surface area (Å²) >= 11 is 0. The molecule has 6 heteroatoms. The normalized spacial score (nSPS) is 9.70. The van der Waals surface area contributed by atoms with Gasteiger partial charge in [-0.15, -0.1) is 0 Å². The number of hydrogen-bond acceptors (Lipinski definition) is 4. The fourth-order valence-corrected chi connectivity index (χ4v) is 1.46. The summed E-state index contributed by atoms with van der Waals surface area (Å²) in [5, 5.41) is 4.56. The van der Waals surface area contributed by atoms with Crippen LogP contribution in [0, 0.1) is 0 Å². The highest BCUT2D eigenvalue weighted by Gasteiger charge is 2.08.